The topological polar surface area (TPSA) is 52.7 Å². The molecule has 0 N–H and O–H groups in total. The fourth-order valence-electron chi connectivity index (χ4n) is 3.52. The van der Waals surface area contributed by atoms with Crippen LogP contribution in [0.15, 0.2) is 65.8 Å². The molecule has 152 valence electrons. The lowest BCUT2D eigenvalue weighted by molar-refractivity contribution is 0.102. The van der Waals surface area contributed by atoms with Crippen molar-refractivity contribution in [2.75, 3.05) is 5.75 Å². The molecule has 0 aliphatic rings. The molecule has 7 heteroatoms. The third-order valence-electron chi connectivity index (χ3n) is 5.02. The highest BCUT2D eigenvalue weighted by molar-refractivity contribution is 7.99. The lowest BCUT2D eigenvalue weighted by Crippen LogP contribution is -2.06. The maximum absolute atomic E-state index is 13.0. The van der Waals surface area contributed by atoms with E-state index in [0.29, 0.717) is 15.9 Å². The van der Waals surface area contributed by atoms with Gasteiger partial charge in [0.1, 0.15) is 0 Å². The van der Waals surface area contributed by atoms with Gasteiger partial charge in [-0.2, -0.15) is 0 Å². The Morgan fingerprint density at radius 3 is 2.43 bits per heavy atom. The highest BCUT2D eigenvalue weighted by atomic mass is 35.5. The molecule has 0 aliphatic carbocycles. The van der Waals surface area contributed by atoms with Gasteiger partial charge in [0.2, 0.25) is 0 Å². The van der Waals surface area contributed by atoms with E-state index >= 15 is 0 Å². The highest BCUT2D eigenvalue weighted by Crippen LogP contribution is 2.26. The molecule has 0 saturated heterocycles. The summed E-state index contributed by atoms with van der Waals surface area (Å²) < 4.78 is 4.01. The molecule has 0 aliphatic heterocycles. The number of aryl methyl sites for hydroxylation is 1. The summed E-state index contributed by atoms with van der Waals surface area (Å²) in [5.41, 5.74) is 4.71. The zero-order valence-electron chi connectivity index (χ0n) is 17.0. The van der Waals surface area contributed by atoms with Crippen LogP contribution in [-0.2, 0) is 7.05 Å². The Bertz CT molecular complexity index is 1200. The maximum Gasteiger partial charge on any atom is 0.191 e. The molecule has 0 saturated carbocycles. The number of Topliss-reactive ketones (excluding diaryl/α,β-unsaturated/α-hetero) is 1. The van der Waals surface area contributed by atoms with Crippen LogP contribution in [0.1, 0.15) is 21.7 Å². The zero-order valence-corrected chi connectivity index (χ0v) is 18.5. The number of aromatic nitrogens is 4. The van der Waals surface area contributed by atoms with E-state index in [1.165, 1.54) is 11.8 Å². The number of benzene rings is 2. The van der Waals surface area contributed by atoms with E-state index in [0.717, 1.165) is 34.0 Å². The molecule has 2 heterocycles. The number of para-hydroxylation sites is 1. The van der Waals surface area contributed by atoms with Gasteiger partial charge < -0.3 is 9.13 Å². The fourth-order valence-corrected chi connectivity index (χ4v) is 4.44. The van der Waals surface area contributed by atoms with E-state index in [9.17, 15) is 4.79 Å². The molecule has 0 spiro atoms. The first-order chi connectivity index (χ1) is 14.5. The van der Waals surface area contributed by atoms with E-state index in [2.05, 4.69) is 14.8 Å². The van der Waals surface area contributed by atoms with Gasteiger partial charge in [-0.15, -0.1) is 10.2 Å². The summed E-state index contributed by atoms with van der Waals surface area (Å²) in [7, 11) is 1.90. The van der Waals surface area contributed by atoms with Crippen molar-refractivity contribution in [1.29, 1.82) is 0 Å². The normalized spacial score (nSPS) is 11.1. The molecular weight excluding hydrogens is 416 g/mol. The molecule has 0 atom stereocenters. The Kier molecular flexibility index (Phi) is 5.79. The van der Waals surface area contributed by atoms with E-state index in [1.807, 2.05) is 86.1 Å². The largest absolute Gasteiger partial charge is 0.318 e. The molecule has 4 aromatic rings. The fraction of sp³-hybridized carbons (Fsp3) is 0.174. The summed E-state index contributed by atoms with van der Waals surface area (Å²) in [4.78, 5) is 13.0. The van der Waals surface area contributed by atoms with Gasteiger partial charge >= 0.3 is 0 Å². The Morgan fingerprint density at radius 1 is 1.03 bits per heavy atom. The van der Waals surface area contributed by atoms with E-state index < -0.39 is 0 Å². The van der Waals surface area contributed by atoms with Crippen molar-refractivity contribution in [1.82, 2.24) is 19.3 Å². The number of ketones is 1. The van der Waals surface area contributed by atoms with Crippen molar-refractivity contribution >= 4 is 29.1 Å². The van der Waals surface area contributed by atoms with Crippen molar-refractivity contribution in [3.05, 3.63) is 82.6 Å². The van der Waals surface area contributed by atoms with Crippen LogP contribution in [0, 0.1) is 13.8 Å². The Balaban J connectivity index is 1.52. The summed E-state index contributed by atoms with van der Waals surface area (Å²) in [5.74, 6) is 1.11. The second-order valence-corrected chi connectivity index (χ2v) is 8.42. The minimum Gasteiger partial charge on any atom is -0.318 e. The number of rotatable bonds is 6. The van der Waals surface area contributed by atoms with Crippen molar-refractivity contribution in [3.8, 4) is 17.1 Å². The first-order valence-electron chi connectivity index (χ1n) is 9.51. The maximum atomic E-state index is 13.0. The first kappa shape index (κ1) is 20.4. The lowest BCUT2D eigenvalue weighted by Gasteiger charge is -2.09. The number of carbonyl (C=O) groups is 1. The Hall–Kier alpha value is -2.83. The number of nitrogens with zero attached hydrogens (tertiary/aromatic N) is 4. The Morgan fingerprint density at radius 2 is 1.73 bits per heavy atom. The standard InChI is InChI=1S/C23H21ClN4OS/c1-15-13-20(16(2)28(15)19-7-5-4-6-8-19)21(29)14-30-23-26-25-22(27(23)3)17-9-11-18(24)12-10-17/h4-13H,14H2,1-3H3. The van der Waals surface area contributed by atoms with Crippen molar-refractivity contribution in [2.24, 2.45) is 7.05 Å². The molecule has 0 bridgehead atoms. The van der Waals surface area contributed by atoms with Crippen LogP contribution < -0.4 is 0 Å². The monoisotopic (exact) mass is 436 g/mol. The van der Waals surface area contributed by atoms with E-state index in [4.69, 9.17) is 11.6 Å². The quantitative estimate of drug-likeness (QED) is 0.295. The predicted octanol–water partition coefficient (Wildman–Crippen LogP) is 5.52. The molecule has 0 amide bonds. The van der Waals surface area contributed by atoms with Gasteiger partial charge in [-0.25, -0.2) is 0 Å². The van der Waals surface area contributed by atoms with Gasteiger partial charge in [0.15, 0.2) is 16.8 Å². The molecule has 2 aromatic heterocycles. The summed E-state index contributed by atoms with van der Waals surface area (Å²) in [6, 6.07) is 19.5. The SMILES string of the molecule is Cc1cc(C(=O)CSc2nnc(-c3ccc(Cl)cc3)n2C)c(C)n1-c1ccccc1. The number of halogens is 1. The molecule has 0 radical (unpaired) electrons. The Labute approximate surface area is 184 Å². The second-order valence-electron chi connectivity index (χ2n) is 7.04. The third kappa shape index (κ3) is 3.93. The first-order valence-corrected chi connectivity index (χ1v) is 10.9. The molecular formula is C23H21ClN4OS. The van der Waals surface area contributed by atoms with Crippen LogP contribution in [0.4, 0.5) is 0 Å². The summed E-state index contributed by atoms with van der Waals surface area (Å²) in [6.07, 6.45) is 0. The van der Waals surface area contributed by atoms with Crippen LogP contribution in [0.3, 0.4) is 0 Å². The average Bonchev–Trinajstić information content (AvgIpc) is 3.26. The highest BCUT2D eigenvalue weighted by Gasteiger charge is 2.18. The molecule has 4 rings (SSSR count). The van der Waals surface area contributed by atoms with E-state index in [1.54, 1.807) is 0 Å². The van der Waals surface area contributed by atoms with Gasteiger partial charge in [-0.1, -0.05) is 41.6 Å². The van der Waals surface area contributed by atoms with Crippen molar-refractivity contribution in [3.63, 3.8) is 0 Å². The van der Waals surface area contributed by atoms with E-state index in [-0.39, 0.29) is 5.78 Å². The lowest BCUT2D eigenvalue weighted by atomic mass is 10.2. The van der Waals surface area contributed by atoms with Gasteiger partial charge in [0, 0.05) is 40.3 Å². The molecule has 30 heavy (non-hydrogen) atoms. The third-order valence-corrected chi connectivity index (χ3v) is 6.29. The summed E-state index contributed by atoms with van der Waals surface area (Å²) >= 11 is 7.36. The van der Waals surface area contributed by atoms with Gasteiger partial charge in [-0.05, 0) is 56.3 Å². The number of hydrogen-bond acceptors (Lipinski definition) is 4. The van der Waals surface area contributed by atoms with Crippen molar-refractivity contribution < 1.29 is 4.79 Å². The molecule has 5 nitrogen and oxygen atoms in total. The summed E-state index contributed by atoms with van der Waals surface area (Å²) in [6.45, 7) is 4.00. The smallest absolute Gasteiger partial charge is 0.191 e. The summed E-state index contributed by atoms with van der Waals surface area (Å²) in [5, 5.41) is 9.91. The predicted molar refractivity (Wildman–Crippen MR) is 122 cm³/mol. The molecule has 2 aromatic carbocycles. The van der Waals surface area contributed by atoms with Gasteiger partial charge in [-0.3, -0.25) is 4.79 Å². The molecule has 0 fully saturated rings. The van der Waals surface area contributed by atoms with Crippen LogP contribution in [0.5, 0.6) is 0 Å². The zero-order chi connectivity index (χ0) is 21.3. The van der Waals surface area contributed by atoms with Crippen LogP contribution in [-0.4, -0.2) is 30.9 Å². The van der Waals surface area contributed by atoms with Crippen LogP contribution in [0.2, 0.25) is 5.02 Å². The number of carbonyl (C=O) groups excluding carboxylic acids is 1. The van der Waals surface area contributed by atoms with Crippen LogP contribution >= 0.6 is 23.4 Å². The number of thioether (sulfide) groups is 1. The minimum absolute atomic E-state index is 0.0753. The number of hydrogen-bond donors (Lipinski definition) is 0. The van der Waals surface area contributed by atoms with Gasteiger partial charge in [0.05, 0.1) is 5.75 Å². The minimum atomic E-state index is 0.0753. The van der Waals surface area contributed by atoms with Gasteiger partial charge in [0.25, 0.3) is 0 Å². The van der Waals surface area contributed by atoms with Crippen LogP contribution in [0.25, 0.3) is 17.1 Å². The van der Waals surface area contributed by atoms with Crippen molar-refractivity contribution in [2.45, 2.75) is 19.0 Å². The molecule has 0 unspecified atom stereocenters. The second kappa shape index (κ2) is 8.50. The average molecular weight is 437 g/mol.